The molecule has 1 aliphatic carbocycles. The van der Waals surface area contributed by atoms with Gasteiger partial charge in [0, 0.05) is 0 Å². The number of aliphatic imine (C=N–C) groups is 1. The van der Waals surface area contributed by atoms with Gasteiger partial charge in [-0.3, -0.25) is 0 Å². The number of hydrogen-bond acceptors (Lipinski definition) is 2. The van der Waals surface area contributed by atoms with Crippen LogP contribution in [0.25, 0.3) is 0 Å². The zero-order chi connectivity index (χ0) is 10.9. The van der Waals surface area contributed by atoms with E-state index in [9.17, 15) is 9.18 Å². The van der Waals surface area contributed by atoms with Crippen LogP contribution in [0.3, 0.4) is 0 Å². The maximum atomic E-state index is 13.0. The van der Waals surface area contributed by atoms with E-state index < -0.39 is 5.54 Å². The van der Waals surface area contributed by atoms with E-state index in [1.807, 2.05) is 13.0 Å². The summed E-state index contributed by atoms with van der Waals surface area (Å²) in [4.78, 5) is 14.1. The fraction of sp³-hybridized carbons (Fsp3) is 0.417. The van der Waals surface area contributed by atoms with Crippen molar-refractivity contribution in [1.82, 2.24) is 0 Å². The number of aryl methyl sites for hydroxylation is 1. The van der Waals surface area contributed by atoms with E-state index in [4.69, 9.17) is 0 Å². The molecule has 0 bridgehead atoms. The predicted octanol–water partition coefficient (Wildman–Crippen LogP) is 2.41. The van der Waals surface area contributed by atoms with Gasteiger partial charge in [-0.1, -0.05) is 6.07 Å². The molecule has 2 rings (SSSR count). The molecule has 1 aliphatic rings. The monoisotopic (exact) mass is 205 g/mol. The molecular weight excluding hydrogens is 193 g/mol. The zero-order valence-corrected chi connectivity index (χ0v) is 8.59. The Kier molecular flexibility index (Phi) is 2.41. The van der Waals surface area contributed by atoms with Crippen LogP contribution >= 0.6 is 0 Å². The van der Waals surface area contributed by atoms with Crippen molar-refractivity contribution in [3.63, 3.8) is 0 Å². The second kappa shape index (κ2) is 3.59. The predicted molar refractivity (Wildman–Crippen MR) is 55.0 cm³/mol. The summed E-state index contributed by atoms with van der Waals surface area (Å²) in [5.41, 5.74) is 1.72. The van der Waals surface area contributed by atoms with Crippen molar-refractivity contribution in [2.24, 2.45) is 4.99 Å². The lowest BCUT2D eigenvalue weighted by Crippen LogP contribution is -2.30. The van der Waals surface area contributed by atoms with Crippen molar-refractivity contribution in [3.05, 3.63) is 35.1 Å². The fourth-order valence-electron chi connectivity index (χ4n) is 2.11. The van der Waals surface area contributed by atoms with Crippen molar-refractivity contribution in [1.29, 1.82) is 0 Å². The molecule has 78 valence electrons. The van der Waals surface area contributed by atoms with Crippen LogP contribution in [0.15, 0.2) is 23.2 Å². The minimum absolute atomic E-state index is 0.229. The summed E-state index contributed by atoms with van der Waals surface area (Å²) in [5, 5.41) is 0. The van der Waals surface area contributed by atoms with Crippen LogP contribution < -0.4 is 0 Å². The van der Waals surface area contributed by atoms with E-state index in [0.717, 1.165) is 24.0 Å². The molecule has 1 aromatic carbocycles. The van der Waals surface area contributed by atoms with Crippen molar-refractivity contribution >= 4 is 6.08 Å². The number of isocyanates is 1. The molecule has 1 unspecified atom stereocenters. The van der Waals surface area contributed by atoms with Crippen molar-refractivity contribution in [2.75, 3.05) is 0 Å². The molecule has 0 spiro atoms. The van der Waals surface area contributed by atoms with Gasteiger partial charge in [-0.05, 0) is 49.4 Å². The van der Waals surface area contributed by atoms with Gasteiger partial charge in [0.25, 0.3) is 0 Å². The molecule has 3 heteroatoms. The van der Waals surface area contributed by atoms with Crippen LogP contribution in [-0.2, 0) is 17.6 Å². The molecule has 0 saturated carbocycles. The van der Waals surface area contributed by atoms with Crippen molar-refractivity contribution in [2.45, 2.75) is 31.7 Å². The molecule has 15 heavy (non-hydrogen) atoms. The molecule has 2 nitrogen and oxygen atoms in total. The first-order valence-corrected chi connectivity index (χ1v) is 4.99. The number of benzene rings is 1. The van der Waals surface area contributed by atoms with E-state index >= 15 is 0 Å². The molecular formula is C12H12FNO. The molecule has 0 N–H and O–H groups in total. The zero-order valence-electron chi connectivity index (χ0n) is 8.59. The summed E-state index contributed by atoms with van der Waals surface area (Å²) in [5.74, 6) is -0.229. The Bertz CT molecular complexity index is 437. The molecule has 0 radical (unpaired) electrons. The van der Waals surface area contributed by atoms with E-state index in [0.29, 0.717) is 6.42 Å². The summed E-state index contributed by atoms with van der Waals surface area (Å²) in [6.45, 7) is 1.91. The average Bonchev–Trinajstić information content (AvgIpc) is 2.17. The van der Waals surface area contributed by atoms with Crippen molar-refractivity contribution < 1.29 is 9.18 Å². The first kappa shape index (κ1) is 10.1. The Balaban J connectivity index is 2.36. The highest BCUT2D eigenvalue weighted by Crippen LogP contribution is 2.31. The minimum atomic E-state index is -0.400. The van der Waals surface area contributed by atoms with Crippen LogP contribution in [-0.4, -0.2) is 11.6 Å². The van der Waals surface area contributed by atoms with E-state index in [1.165, 1.54) is 12.1 Å². The standard InChI is InChI=1S/C12H12FNO/c1-12(14-8-15)5-4-9-2-3-11(13)6-10(9)7-12/h2-3,6H,4-5,7H2,1H3. The Hall–Kier alpha value is -1.47. The van der Waals surface area contributed by atoms with E-state index in [-0.39, 0.29) is 5.82 Å². The van der Waals surface area contributed by atoms with Crippen LogP contribution in [0, 0.1) is 5.82 Å². The average molecular weight is 205 g/mol. The van der Waals surface area contributed by atoms with Gasteiger partial charge in [-0.25, -0.2) is 9.18 Å². The number of nitrogens with zero attached hydrogens (tertiary/aromatic N) is 1. The molecule has 0 heterocycles. The topological polar surface area (TPSA) is 29.4 Å². The molecule has 1 aromatic rings. The third-order valence-electron chi connectivity index (χ3n) is 2.99. The summed E-state index contributed by atoms with van der Waals surface area (Å²) in [6.07, 6.45) is 3.89. The highest BCUT2D eigenvalue weighted by Gasteiger charge is 2.29. The number of fused-ring (bicyclic) bond motifs is 1. The van der Waals surface area contributed by atoms with Crippen LogP contribution in [0.2, 0.25) is 0 Å². The van der Waals surface area contributed by atoms with Gasteiger partial charge in [0.05, 0.1) is 5.54 Å². The van der Waals surface area contributed by atoms with Crippen LogP contribution in [0.5, 0.6) is 0 Å². The Morgan fingerprint density at radius 2 is 2.27 bits per heavy atom. The summed E-state index contributed by atoms with van der Waals surface area (Å²) in [6, 6.07) is 4.83. The number of rotatable bonds is 1. The Morgan fingerprint density at radius 1 is 1.47 bits per heavy atom. The second-order valence-electron chi connectivity index (χ2n) is 4.29. The van der Waals surface area contributed by atoms with Crippen LogP contribution in [0.4, 0.5) is 4.39 Å². The van der Waals surface area contributed by atoms with Gasteiger partial charge in [-0.2, -0.15) is 4.99 Å². The van der Waals surface area contributed by atoms with Gasteiger partial charge in [0.2, 0.25) is 6.08 Å². The van der Waals surface area contributed by atoms with Crippen LogP contribution in [0.1, 0.15) is 24.5 Å². The number of carbonyl (C=O) groups excluding carboxylic acids is 1. The van der Waals surface area contributed by atoms with E-state index in [2.05, 4.69) is 4.99 Å². The van der Waals surface area contributed by atoms with Gasteiger partial charge < -0.3 is 0 Å². The first-order chi connectivity index (χ1) is 7.13. The van der Waals surface area contributed by atoms with Gasteiger partial charge >= 0.3 is 0 Å². The summed E-state index contributed by atoms with van der Waals surface area (Å²) < 4.78 is 13.0. The van der Waals surface area contributed by atoms with Crippen molar-refractivity contribution in [3.8, 4) is 0 Å². The van der Waals surface area contributed by atoms with Gasteiger partial charge in [0.1, 0.15) is 5.82 Å². The molecule has 0 aliphatic heterocycles. The largest absolute Gasteiger partial charge is 0.235 e. The molecule has 0 aromatic heterocycles. The van der Waals surface area contributed by atoms with Gasteiger partial charge in [-0.15, -0.1) is 0 Å². The Labute approximate surface area is 87.8 Å². The Morgan fingerprint density at radius 3 is 3.00 bits per heavy atom. The lowest BCUT2D eigenvalue weighted by Gasteiger charge is -2.29. The molecule has 1 atom stereocenters. The second-order valence-corrected chi connectivity index (χ2v) is 4.29. The third-order valence-corrected chi connectivity index (χ3v) is 2.99. The lowest BCUT2D eigenvalue weighted by molar-refractivity contribution is 0.406. The highest BCUT2D eigenvalue weighted by atomic mass is 19.1. The summed E-state index contributed by atoms with van der Waals surface area (Å²) >= 11 is 0. The fourth-order valence-corrected chi connectivity index (χ4v) is 2.11. The lowest BCUT2D eigenvalue weighted by atomic mass is 9.80. The number of hydrogen-bond donors (Lipinski definition) is 0. The third kappa shape index (κ3) is 1.97. The smallest absolute Gasteiger partial charge is 0.211 e. The normalized spacial score (nSPS) is 24.1. The minimum Gasteiger partial charge on any atom is -0.211 e. The SMILES string of the molecule is CC1(N=C=O)CCc2ccc(F)cc2C1. The molecule has 0 saturated heterocycles. The molecule has 0 fully saturated rings. The number of halogens is 1. The molecule has 0 amide bonds. The summed E-state index contributed by atoms with van der Waals surface area (Å²) in [7, 11) is 0. The maximum Gasteiger partial charge on any atom is 0.235 e. The first-order valence-electron chi connectivity index (χ1n) is 4.99. The quantitative estimate of drug-likeness (QED) is 0.511. The maximum absolute atomic E-state index is 13.0. The van der Waals surface area contributed by atoms with E-state index in [1.54, 1.807) is 6.08 Å². The highest BCUT2D eigenvalue weighted by molar-refractivity contribution is 5.38. The van der Waals surface area contributed by atoms with Gasteiger partial charge in [0.15, 0.2) is 0 Å².